The Balaban J connectivity index is 1.50. The summed E-state index contributed by atoms with van der Waals surface area (Å²) in [5, 5.41) is 8.78. The topological polar surface area (TPSA) is 73.5 Å². The van der Waals surface area contributed by atoms with Crippen LogP contribution >= 0.6 is 0 Å². The minimum atomic E-state index is -0.327. The molecular weight excluding hydrogens is 376 g/mol. The Morgan fingerprint density at radius 3 is 2.20 bits per heavy atom. The monoisotopic (exact) mass is 406 g/mol. The molecule has 30 heavy (non-hydrogen) atoms. The molecule has 2 aromatic carbocycles. The Hall–Kier alpha value is -3.02. The largest absolute Gasteiger partial charge is 0.371 e. The second kappa shape index (κ2) is 8.78. The number of aryl methyl sites for hydroxylation is 1. The Morgan fingerprint density at radius 1 is 0.900 bits per heavy atom. The van der Waals surface area contributed by atoms with Gasteiger partial charge in [-0.15, -0.1) is 0 Å². The van der Waals surface area contributed by atoms with Crippen molar-refractivity contribution in [3.63, 3.8) is 0 Å². The molecule has 1 saturated heterocycles. The van der Waals surface area contributed by atoms with Crippen LogP contribution in [-0.4, -0.2) is 31.1 Å². The number of piperidine rings is 1. The first kappa shape index (κ1) is 20.3. The molecule has 1 aliphatic heterocycles. The lowest BCUT2D eigenvalue weighted by Crippen LogP contribution is -2.35. The Kier molecular flexibility index (Phi) is 5.93. The van der Waals surface area contributed by atoms with Gasteiger partial charge in [-0.2, -0.15) is 0 Å². The minimum Gasteiger partial charge on any atom is -0.371 e. The fourth-order valence-electron chi connectivity index (χ4n) is 3.74. The smallest absolute Gasteiger partial charge is 0.323 e. The highest BCUT2D eigenvalue weighted by Crippen LogP contribution is 2.30. The van der Waals surface area contributed by atoms with Gasteiger partial charge in [0.2, 0.25) is 0 Å². The molecule has 0 unspecified atom stereocenters. The summed E-state index contributed by atoms with van der Waals surface area (Å²) in [5.41, 5.74) is 4.04. The molecule has 6 nitrogen and oxygen atoms in total. The zero-order chi connectivity index (χ0) is 21.1. The van der Waals surface area contributed by atoms with Crippen LogP contribution in [0.4, 0.5) is 21.9 Å². The van der Waals surface area contributed by atoms with Crippen LogP contribution in [0.2, 0.25) is 0 Å². The standard InChI is InChI=1S/C24H30N4O2/c1-16-3-5-19(6-4-16)26-24(30)27-20-9-10-22(28-13-11-17(2)12-14-28)21(15-20)23(29)25-18-7-8-18/h3-6,9-10,15,17-18H,7-8,11-14H2,1-2H3,(H,25,29)(H2,26,27,30). The van der Waals surface area contributed by atoms with E-state index in [4.69, 9.17) is 0 Å². The third-order valence-electron chi connectivity index (χ3n) is 5.85. The SMILES string of the molecule is Cc1ccc(NC(=O)Nc2ccc(N3CCC(C)CC3)c(C(=O)NC3CC3)c2)cc1. The van der Waals surface area contributed by atoms with Crippen LogP contribution < -0.4 is 20.9 Å². The number of nitrogens with one attached hydrogen (secondary N) is 3. The van der Waals surface area contributed by atoms with Crippen molar-refractivity contribution in [2.24, 2.45) is 5.92 Å². The molecule has 0 bridgehead atoms. The third kappa shape index (κ3) is 5.12. The number of carbonyl (C=O) groups is 2. The van der Waals surface area contributed by atoms with Crippen molar-refractivity contribution in [3.05, 3.63) is 53.6 Å². The first-order chi connectivity index (χ1) is 14.5. The predicted octanol–water partition coefficient (Wildman–Crippen LogP) is 4.77. The average Bonchev–Trinajstić information content (AvgIpc) is 3.54. The molecule has 2 aliphatic rings. The van der Waals surface area contributed by atoms with Gasteiger partial charge in [-0.1, -0.05) is 24.6 Å². The number of hydrogen-bond donors (Lipinski definition) is 3. The van der Waals surface area contributed by atoms with Crippen molar-refractivity contribution in [1.29, 1.82) is 0 Å². The number of urea groups is 1. The van der Waals surface area contributed by atoms with Crippen LogP contribution in [0.15, 0.2) is 42.5 Å². The van der Waals surface area contributed by atoms with Crippen molar-refractivity contribution >= 4 is 29.0 Å². The van der Waals surface area contributed by atoms with Crippen LogP contribution in [0.1, 0.15) is 48.5 Å². The number of anilines is 3. The van der Waals surface area contributed by atoms with Gasteiger partial charge in [0.15, 0.2) is 0 Å². The molecule has 0 atom stereocenters. The zero-order valence-electron chi connectivity index (χ0n) is 17.7. The molecule has 1 aliphatic carbocycles. The molecule has 0 aromatic heterocycles. The second-order valence-corrected chi connectivity index (χ2v) is 8.59. The van der Waals surface area contributed by atoms with Crippen molar-refractivity contribution in [3.8, 4) is 0 Å². The van der Waals surface area contributed by atoms with E-state index in [0.29, 0.717) is 11.3 Å². The van der Waals surface area contributed by atoms with Crippen molar-refractivity contribution in [1.82, 2.24) is 5.32 Å². The van der Waals surface area contributed by atoms with E-state index in [2.05, 4.69) is 27.8 Å². The van der Waals surface area contributed by atoms with E-state index in [9.17, 15) is 9.59 Å². The number of carbonyl (C=O) groups excluding carboxylic acids is 2. The van der Waals surface area contributed by atoms with E-state index in [-0.39, 0.29) is 18.0 Å². The first-order valence-electron chi connectivity index (χ1n) is 10.8. The van der Waals surface area contributed by atoms with Crippen LogP contribution in [-0.2, 0) is 0 Å². The molecule has 2 aromatic rings. The fraction of sp³-hybridized carbons (Fsp3) is 0.417. The summed E-state index contributed by atoms with van der Waals surface area (Å²) in [7, 11) is 0. The van der Waals surface area contributed by atoms with Crippen LogP contribution in [0, 0.1) is 12.8 Å². The number of benzene rings is 2. The normalized spacial score (nSPS) is 16.8. The van der Waals surface area contributed by atoms with Crippen LogP contribution in [0.5, 0.6) is 0 Å². The van der Waals surface area contributed by atoms with Gasteiger partial charge in [-0.3, -0.25) is 4.79 Å². The average molecular weight is 407 g/mol. The Morgan fingerprint density at radius 2 is 1.53 bits per heavy atom. The van der Waals surface area contributed by atoms with Crippen molar-refractivity contribution in [2.45, 2.75) is 45.6 Å². The summed E-state index contributed by atoms with van der Waals surface area (Å²) >= 11 is 0. The lowest BCUT2D eigenvalue weighted by molar-refractivity contribution is 0.0951. The zero-order valence-corrected chi connectivity index (χ0v) is 17.7. The fourth-order valence-corrected chi connectivity index (χ4v) is 3.74. The maximum atomic E-state index is 12.9. The number of nitrogens with zero attached hydrogens (tertiary/aromatic N) is 1. The van der Waals surface area contributed by atoms with E-state index in [0.717, 1.165) is 61.6 Å². The molecule has 2 fully saturated rings. The van der Waals surface area contributed by atoms with E-state index in [1.807, 2.05) is 43.3 Å². The molecule has 158 valence electrons. The molecule has 0 spiro atoms. The summed E-state index contributed by atoms with van der Waals surface area (Å²) in [6.07, 6.45) is 4.34. The third-order valence-corrected chi connectivity index (χ3v) is 5.85. The van der Waals surface area contributed by atoms with Crippen molar-refractivity contribution in [2.75, 3.05) is 28.6 Å². The highest BCUT2D eigenvalue weighted by atomic mass is 16.2. The van der Waals surface area contributed by atoms with E-state index in [1.165, 1.54) is 0 Å². The van der Waals surface area contributed by atoms with Crippen LogP contribution in [0.3, 0.4) is 0 Å². The Bertz CT molecular complexity index is 913. The number of amides is 3. The number of rotatable bonds is 5. The van der Waals surface area contributed by atoms with Gasteiger partial charge in [0.1, 0.15) is 0 Å². The molecule has 3 N–H and O–H groups in total. The summed E-state index contributed by atoms with van der Waals surface area (Å²) < 4.78 is 0. The molecule has 6 heteroatoms. The van der Waals surface area contributed by atoms with Gasteiger partial charge >= 0.3 is 6.03 Å². The van der Waals surface area contributed by atoms with E-state index >= 15 is 0 Å². The first-order valence-corrected chi connectivity index (χ1v) is 10.8. The lowest BCUT2D eigenvalue weighted by Gasteiger charge is -2.33. The molecular formula is C24H30N4O2. The molecule has 3 amide bonds. The molecule has 1 saturated carbocycles. The van der Waals surface area contributed by atoms with Gasteiger partial charge in [0.05, 0.1) is 5.56 Å². The predicted molar refractivity (Wildman–Crippen MR) is 121 cm³/mol. The molecule has 0 radical (unpaired) electrons. The summed E-state index contributed by atoms with van der Waals surface area (Å²) in [6.45, 7) is 6.18. The van der Waals surface area contributed by atoms with Gasteiger partial charge in [0, 0.05) is 36.2 Å². The summed E-state index contributed by atoms with van der Waals surface area (Å²) in [5.74, 6) is 0.658. The highest BCUT2D eigenvalue weighted by molar-refractivity contribution is 6.04. The highest BCUT2D eigenvalue weighted by Gasteiger charge is 2.27. The lowest BCUT2D eigenvalue weighted by atomic mass is 9.98. The maximum absolute atomic E-state index is 12.9. The second-order valence-electron chi connectivity index (χ2n) is 8.59. The quantitative estimate of drug-likeness (QED) is 0.670. The van der Waals surface area contributed by atoms with Crippen LogP contribution in [0.25, 0.3) is 0 Å². The number of hydrogen-bond acceptors (Lipinski definition) is 3. The van der Waals surface area contributed by atoms with Gasteiger partial charge in [-0.25, -0.2) is 4.79 Å². The van der Waals surface area contributed by atoms with E-state index < -0.39 is 0 Å². The van der Waals surface area contributed by atoms with Crippen molar-refractivity contribution < 1.29 is 9.59 Å². The van der Waals surface area contributed by atoms with Gasteiger partial charge < -0.3 is 20.9 Å². The summed E-state index contributed by atoms with van der Waals surface area (Å²) in [4.78, 5) is 27.6. The summed E-state index contributed by atoms with van der Waals surface area (Å²) in [6, 6.07) is 13.2. The van der Waals surface area contributed by atoms with Gasteiger partial charge in [-0.05, 0) is 68.9 Å². The molecule has 4 rings (SSSR count). The van der Waals surface area contributed by atoms with E-state index in [1.54, 1.807) is 6.07 Å². The minimum absolute atomic E-state index is 0.0614. The molecule has 1 heterocycles. The maximum Gasteiger partial charge on any atom is 0.323 e. The van der Waals surface area contributed by atoms with Gasteiger partial charge in [0.25, 0.3) is 5.91 Å². The Labute approximate surface area is 178 Å².